The number of H-pyrrole nitrogens is 1. The number of nitrogens with one attached hydrogen (secondary N) is 5. The molecule has 5 rings (SSSR count). The van der Waals surface area contributed by atoms with E-state index in [4.69, 9.17) is 11.6 Å². The van der Waals surface area contributed by atoms with E-state index in [1.54, 1.807) is 36.4 Å². The Kier molecular flexibility index (Phi) is 9.69. The third kappa shape index (κ3) is 7.92. The van der Waals surface area contributed by atoms with Gasteiger partial charge in [-0.25, -0.2) is 4.79 Å². The predicted molar refractivity (Wildman–Crippen MR) is 175 cm³/mol. The number of aromatic carboxylic acids is 1. The summed E-state index contributed by atoms with van der Waals surface area (Å²) < 4.78 is 29.0. The summed E-state index contributed by atoms with van der Waals surface area (Å²) in [6.07, 6.45) is 1.18. The lowest BCUT2D eigenvalue weighted by Gasteiger charge is -2.19. The molecule has 0 aliphatic rings. The van der Waals surface area contributed by atoms with Crippen LogP contribution in [-0.4, -0.2) is 86.8 Å². The van der Waals surface area contributed by atoms with Crippen LogP contribution in [0.15, 0.2) is 73.1 Å². The van der Waals surface area contributed by atoms with Gasteiger partial charge in [0.25, 0.3) is 0 Å². The number of carboxylic acids is 1. The topological polar surface area (TPSA) is 233 Å². The van der Waals surface area contributed by atoms with E-state index in [0.29, 0.717) is 27.8 Å². The molecule has 3 aromatic carbocycles. The molecule has 0 spiro atoms. The minimum absolute atomic E-state index is 0.0381. The number of carbonyl (C=O) groups excluding carboxylic acids is 3. The SMILES string of the molecule is CN(C)S(=O)(=O)Nc1ccc(C[C@H](NC(=O)C(=O)Nc2cc(Cl)ccc2-n2cnnn2)C(=O)Nc2ccc3[nH]c(C(=O)O)cc3c2)cc1. The van der Waals surface area contributed by atoms with Crippen molar-refractivity contribution in [2.45, 2.75) is 12.5 Å². The van der Waals surface area contributed by atoms with Crippen molar-refractivity contribution in [3.05, 3.63) is 89.3 Å². The van der Waals surface area contributed by atoms with E-state index in [9.17, 15) is 32.7 Å². The van der Waals surface area contributed by atoms with Crippen LogP contribution >= 0.6 is 11.6 Å². The molecule has 0 saturated carbocycles. The average Bonchev–Trinajstić information content (AvgIpc) is 3.72. The lowest BCUT2D eigenvalue weighted by atomic mass is 10.0. The number of tetrazole rings is 1. The number of aromatic amines is 1. The zero-order chi connectivity index (χ0) is 34.6. The van der Waals surface area contributed by atoms with Gasteiger partial charge in [0.1, 0.15) is 18.1 Å². The number of fused-ring (bicyclic) bond motifs is 1. The first kappa shape index (κ1) is 33.5. The number of amides is 3. The Balaban J connectivity index is 1.37. The third-order valence-electron chi connectivity index (χ3n) is 6.87. The van der Waals surface area contributed by atoms with Crippen molar-refractivity contribution < 1.29 is 32.7 Å². The number of rotatable bonds is 11. The fourth-order valence-electron chi connectivity index (χ4n) is 4.43. The fraction of sp³-hybridized carbons (Fsp3) is 0.138. The van der Waals surface area contributed by atoms with Crippen LogP contribution in [0, 0.1) is 0 Å². The lowest BCUT2D eigenvalue weighted by molar-refractivity contribution is -0.137. The zero-order valence-electron chi connectivity index (χ0n) is 25.1. The number of benzene rings is 3. The number of nitrogens with zero attached hydrogens (tertiary/aromatic N) is 5. The normalized spacial score (nSPS) is 12.0. The quantitative estimate of drug-likeness (QED) is 0.110. The van der Waals surface area contributed by atoms with Crippen molar-refractivity contribution >= 4 is 73.5 Å². The maximum absolute atomic E-state index is 13.6. The molecule has 5 aromatic rings. The number of hydrogen-bond donors (Lipinski definition) is 6. The number of carbonyl (C=O) groups is 4. The van der Waals surface area contributed by atoms with Crippen LogP contribution in [0.1, 0.15) is 16.1 Å². The fourth-order valence-corrected chi connectivity index (χ4v) is 5.22. The molecular weight excluding hydrogens is 668 g/mol. The first-order valence-corrected chi connectivity index (χ1v) is 15.7. The second-order valence-corrected chi connectivity index (χ2v) is 12.8. The zero-order valence-corrected chi connectivity index (χ0v) is 26.7. The summed E-state index contributed by atoms with van der Waals surface area (Å²) in [6, 6.07) is 15.3. The van der Waals surface area contributed by atoms with Crippen LogP contribution < -0.4 is 20.7 Å². The minimum atomic E-state index is -3.76. The molecule has 0 saturated heterocycles. The first-order chi connectivity index (χ1) is 22.8. The van der Waals surface area contributed by atoms with E-state index in [2.05, 4.69) is 41.2 Å². The summed E-state index contributed by atoms with van der Waals surface area (Å²) in [6.45, 7) is 0. The van der Waals surface area contributed by atoms with Crippen molar-refractivity contribution in [2.75, 3.05) is 29.5 Å². The van der Waals surface area contributed by atoms with Crippen molar-refractivity contribution in [1.82, 2.24) is 34.8 Å². The molecule has 0 unspecified atom stereocenters. The van der Waals surface area contributed by atoms with E-state index in [0.717, 1.165) is 4.31 Å². The molecule has 248 valence electrons. The van der Waals surface area contributed by atoms with Crippen LogP contribution in [0.2, 0.25) is 5.02 Å². The maximum atomic E-state index is 13.6. The van der Waals surface area contributed by atoms with Crippen LogP contribution in [-0.2, 0) is 31.0 Å². The second-order valence-electron chi connectivity index (χ2n) is 10.5. The van der Waals surface area contributed by atoms with Crippen molar-refractivity contribution in [1.29, 1.82) is 0 Å². The summed E-state index contributed by atoms with van der Waals surface area (Å²) >= 11 is 6.11. The Morgan fingerprint density at radius 2 is 1.69 bits per heavy atom. The number of aromatic nitrogens is 5. The molecule has 0 bridgehead atoms. The Morgan fingerprint density at radius 1 is 0.958 bits per heavy atom. The molecule has 0 fully saturated rings. The Bertz CT molecular complexity index is 2120. The first-order valence-electron chi connectivity index (χ1n) is 13.9. The van der Waals surface area contributed by atoms with E-state index in [-0.39, 0.29) is 28.5 Å². The van der Waals surface area contributed by atoms with E-state index < -0.39 is 39.9 Å². The molecular formula is C29H27ClN10O7S. The molecule has 6 N–H and O–H groups in total. The van der Waals surface area contributed by atoms with Crippen molar-refractivity contribution in [3.8, 4) is 5.69 Å². The van der Waals surface area contributed by atoms with Gasteiger partial charge in [0.05, 0.1) is 11.4 Å². The highest BCUT2D eigenvalue weighted by atomic mass is 35.5. The highest BCUT2D eigenvalue weighted by Crippen LogP contribution is 2.24. The lowest BCUT2D eigenvalue weighted by Crippen LogP contribution is -2.49. The summed E-state index contributed by atoms with van der Waals surface area (Å²) in [5.41, 5.74) is 2.00. The van der Waals surface area contributed by atoms with Crippen molar-refractivity contribution in [3.63, 3.8) is 0 Å². The predicted octanol–water partition coefficient (Wildman–Crippen LogP) is 2.02. The standard InChI is InChI=1S/C29H27ClN10O7S/c1-39(2)48(46,47)36-19-6-3-16(4-7-19)11-23(26(41)32-20-8-9-21-17(12-20)13-24(33-21)29(44)45)35-28(43)27(42)34-22-14-18(30)5-10-25(22)40-15-31-37-38-40/h3-10,12-15,23,33,36H,11H2,1-2H3,(H,32,41)(H,34,42)(H,35,43)(H,44,45)/t23-/m0/s1. The van der Waals surface area contributed by atoms with Gasteiger partial charge in [-0.15, -0.1) is 5.10 Å². The van der Waals surface area contributed by atoms with Gasteiger partial charge < -0.3 is 26.0 Å². The summed E-state index contributed by atoms with van der Waals surface area (Å²) in [5, 5.41) is 28.6. The van der Waals surface area contributed by atoms with Crippen LogP contribution in [0.5, 0.6) is 0 Å². The number of hydrogen-bond acceptors (Lipinski definition) is 9. The third-order valence-corrected chi connectivity index (χ3v) is 8.56. The second kappa shape index (κ2) is 13.9. The molecule has 1 atom stereocenters. The Labute approximate surface area is 277 Å². The van der Waals surface area contributed by atoms with E-state index in [1.807, 2.05) is 0 Å². The molecule has 19 heteroatoms. The number of anilines is 3. The smallest absolute Gasteiger partial charge is 0.352 e. The van der Waals surface area contributed by atoms with Crippen LogP contribution in [0.25, 0.3) is 16.6 Å². The van der Waals surface area contributed by atoms with E-state index >= 15 is 0 Å². The molecule has 0 aliphatic heterocycles. The molecule has 2 aromatic heterocycles. The highest BCUT2D eigenvalue weighted by molar-refractivity contribution is 7.90. The van der Waals surface area contributed by atoms with E-state index in [1.165, 1.54) is 55.4 Å². The number of carboxylic acid groups (broad SMARTS) is 1. The molecule has 0 radical (unpaired) electrons. The van der Waals surface area contributed by atoms with Crippen LogP contribution in [0.3, 0.4) is 0 Å². The van der Waals surface area contributed by atoms with Gasteiger partial charge in [-0.05, 0) is 70.6 Å². The summed E-state index contributed by atoms with van der Waals surface area (Å²) in [4.78, 5) is 53.9. The molecule has 48 heavy (non-hydrogen) atoms. The molecule has 17 nitrogen and oxygen atoms in total. The molecule has 2 heterocycles. The summed E-state index contributed by atoms with van der Waals surface area (Å²) in [5.74, 6) is -4.12. The van der Waals surface area contributed by atoms with Crippen LogP contribution in [0.4, 0.5) is 17.1 Å². The maximum Gasteiger partial charge on any atom is 0.352 e. The molecule has 3 amide bonds. The van der Waals surface area contributed by atoms with Gasteiger partial charge in [-0.3, -0.25) is 19.1 Å². The van der Waals surface area contributed by atoms with Gasteiger partial charge in [0.15, 0.2) is 0 Å². The minimum Gasteiger partial charge on any atom is -0.477 e. The monoisotopic (exact) mass is 694 g/mol. The van der Waals surface area contributed by atoms with Gasteiger partial charge in [0.2, 0.25) is 5.91 Å². The van der Waals surface area contributed by atoms with Gasteiger partial charge in [-0.2, -0.15) is 17.4 Å². The van der Waals surface area contributed by atoms with Gasteiger partial charge in [0, 0.05) is 47.8 Å². The Morgan fingerprint density at radius 3 is 2.35 bits per heavy atom. The summed E-state index contributed by atoms with van der Waals surface area (Å²) in [7, 11) is -1.02. The Hall–Kier alpha value is -5.85. The average molecular weight is 695 g/mol. The number of halogens is 1. The van der Waals surface area contributed by atoms with Gasteiger partial charge >= 0.3 is 28.0 Å². The van der Waals surface area contributed by atoms with Crippen molar-refractivity contribution in [2.24, 2.45) is 0 Å². The highest BCUT2D eigenvalue weighted by Gasteiger charge is 2.26. The largest absolute Gasteiger partial charge is 0.477 e. The van der Waals surface area contributed by atoms with Gasteiger partial charge in [-0.1, -0.05) is 23.7 Å². The molecule has 0 aliphatic carbocycles.